The van der Waals surface area contributed by atoms with Crippen LogP contribution in [-0.4, -0.2) is 33.6 Å². The molecule has 1 saturated heterocycles. The number of piperidine rings is 1. The Morgan fingerprint density at radius 3 is 2.15 bits per heavy atom. The number of aryl methyl sites for hydroxylation is 2. The zero-order valence-corrected chi connectivity index (χ0v) is 23.6. The van der Waals surface area contributed by atoms with E-state index in [0.717, 1.165) is 47.6 Å². The Bertz CT molecular complexity index is 1250. The number of fused-ring (bicyclic) bond motifs is 1. The Morgan fingerprint density at radius 1 is 0.872 bits per heavy atom. The summed E-state index contributed by atoms with van der Waals surface area (Å²) in [6, 6.07) is 5.78. The molecule has 5 fully saturated rings. The van der Waals surface area contributed by atoms with Crippen LogP contribution in [-0.2, 0) is 16.0 Å². The Labute approximate surface area is 231 Å². The average molecular weight is 533 g/mol. The smallest absolute Gasteiger partial charge is 0.281 e. The maximum atomic E-state index is 13.6. The van der Waals surface area contributed by atoms with Crippen LogP contribution in [0.1, 0.15) is 108 Å². The number of rotatable bonds is 11. The molecule has 4 bridgehead atoms. The lowest BCUT2D eigenvalue weighted by atomic mass is 9.53. The topological polar surface area (TPSA) is 84.3 Å². The number of carbonyl (C=O) groups is 2. The van der Waals surface area contributed by atoms with Crippen molar-refractivity contribution in [2.24, 2.45) is 17.8 Å². The highest BCUT2D eigenvalue weighted by Gasteiger charge is 2.50. The summed E-state index contributed by atoms with van der Waals surface area (Å²) in [4.78, 5) is 43.2. The van der Waals surface area contributed by atoms with E-state index in [9.17, 15) is 14.4 Å². The lowest BCUT2D eigenvalue weighted by molar-refractivity contribution is -0.131. The standard InChI is InChI=1S/C32H44N4O3/c1-22-34-27-12-8-11-26(30(27)31(39)35(22)36-28(37)13-9-14-29(36)38)10-6-4-2-3-5-7-15-33-32-19-23-16-24(20-32)18-25(17-23)21-32/h8,11-12,23-25,33H,2-7,9-10,13-21H2,1H3. The molecule has 0 atom stereocenters. The van der Waals surface area contributed by atoms with E-state index in [1.54, 1.807) is 6.92 Å². The molecular formula is C32H44N4O3. The fourth-order valence-corrected chi connectivity index (χ4v) is 8.64. The molecule has 1 N–H and O–H groups in total. The van der Waals surface area contributed by atoms with Gasteiger partial charge in [0.2, 0.25) is 11.8 Å². The number of nitrogens with zero attached hydrogens (tertiary/aromatic N) is 3. The number of benzene rings is 1. The average Bonchev–Trinajstić information content (AvgIpc) is 2.88. The normalized spacial score (nSPS) is 28.1. The first-order valence-corrected chi connectivity index (χ1v) is 15.5. The van der Waals surface area contributed by atoms with Gasteiger partial charge in [-0.25, -0.2) is 4.98 Å². The molecule has 210 valence electrons. The number of unbranched alkanes of at least 4 members (excludes halogenated alkanes) is 5. The van der Waals surface area contributed by atoms with Crippen LogP contribution in [0, 0.1) is 24.7 Å². The molecule has 1 aromatic carbocycles. The number of hydrogen-bond donors (Lipinski definition) is 1. The summed E-state index contributed by atoms with van der Waals surface area (Å²) in [7, 11) is 0. The Morgan fingerprint density at radius 2 is 1.49 bits per heavy atom. The quantitative estimate of drug-likeness (QED) is 0.313. The molecule has 5 aliphatic rings. The van der Waals surface area contributed by atoms with Gasteiger partial charge in [0.15, 0.2) is 0 Å². The van der Waals surface area contributed by atoms with Crippen molar-refractivity contribution in [3.8, 4) is 0 Å². The minimum Gasteiger partial charge on any atom is -0.311 e. The molecule has 2 aromatic rings. The molecule has 7 rings (SSSR count). The van der Waals surface area contributed by atoms with Crippen LogP contribution >= 0.6 is 0 Å². The van der Waals surface area contributed by atoms with Gasteiger partial charge in [-0.05, 0) is 107 Å². The van der Waals surface area contributed by atoms with Crippen molar-refractivity contribution in [1.29, 1.82) is 0 Å². The Hall–Kier alpha value is -2.54. The second kappa shape index (κ2) is 11.1. The third kappa shape index (κ3) is 5.44. The summed E-state index contributed by atoms with van der Waals surface area (Å²) in [5, 5.41) is 5.58. The molecule has 1 aromatic heterocycles. The Kier molecular flexibility index (Phi) is 7.62. The van der Waals surface area contributed by atoms with Crippen LogP contribution in [0.3, 0.4) is 0 Å². The molecule has 4 saturated carbocycles. The lowest BCUT2D eigenvalue weighted by Crippen LogP contribution is -2.58. The van der Waals surface area contributed by atoms with Crippen molar-refractivity contribution in [3.05, 3.63) is 39.9 Å². The Balaban J connectivity index is 0.983. The van der Waals surface area contributed by atoms with Gasteiger partial charge in [-0.3, -0.25) is 14.4 Å². The maximum Gasteiger partial charge on any atom is 0.281 e. The molecule has 0 radical (unpaired) electrons. The zero-order chi connectivity index (χ0) is 27.0. The van der Waals surface area contributed by atoms with Crippen LogP contribution in [0.5, 0.6) is 0 Å². The van der Waals surface area contributed by atoms with Gasteiger partial charge in [0, 0.05) is 18.4 Å². The minimum atomic E-state index is -0.330. The van der Waals surface area contributed by atoms with Crippen molar-refractivity contribution < 1.29 is 9.59 Å². The van der Waals surface area contributed by atoms with Crippen molar-refractivity contribution >= 4 is 22.7 Å². The van der Waals surface area contributed by atoms with E-state index in [2.05, 4.69) is 10.3 Å². The number of aromatic nitrogens is 2. The van der Waals surface area contributed by atoms with Crippen molar-refractivity contribution in [2.45, 2.75) is 115 Å². The molecule has 1 aliphatic heterocycles. The molecule has 4 aliphatic carbocycles. The molecule has 7 heteroatoms. The summed E-state index contributed by atoms with van der Waals surface area (Å²) in [5.41, 5.74) is 1.75. The van der Waals surface area contributed by atoms with Crippen molar-refractivity contribution in [3.63, 3.8) is 0 Å². The fourth-order valence-electron chi connectivity index (χ4n) is 8.64. The predicted molar refractivity (Wildman–Crippen MR) is 153 cm³/mol. The van der Waals surface area contributed by atoms with E-state index in [-0.39, 0.29) is 30.2 Å². The maximum absolute atomic E-state index is 13.6. The van der Waals surface area contributed by atoms with E-state index in [1.807, 2.05) is 18.2 Å². The van der Waals surface area contributed by atoms with Gasteiger partial charge < -0.3 is 5.32 Å². The van der Waals surface area contributed by atoms with Gasteiger partial charge in [0.05, 0.1) is 10.9 Å². The van der Waals surface area contributed by atoms with E-state index < -0.39 is 0 Å². The molecule has 0 unspecified atom stereocenters. The van der Waals surface area contributed by atoms with E-state index >= 15 is 0 Å². The van der Waals surface area contributed by atoms with Gasteiger partial charge in [0.25, 0.3) is 5.56 Å². The minimum absolute atomic E-state index is 0.273. The number of imide groups is 1. The molecule has 39 heavy (non-hydrogen) atoms. The van der Waals surface area contributed by atoms with Crippen LogP contribution in [0.15, 0.2) is 23.0 Å². The van der Waals surface area contributed by atoms with Crippen molar-refractivity contribution in [1.82, 2.24) is 15.0 Å². The van der Waals surface area contributed by atoms with Gasteiger partial charge in [-0.1, -0.05) is 37.8 Å². The fraction of sp³-hybridized carbons (Fsp3) is 0.688. The SMILES string of the molecule is Cc1nc2cccc(CCCCCCCCNC34CC5CC(CC(C5)C3)C4)c2c(=O)n1N1C(=O)CCCC1=O. The molecule has 0 spiro atoms. The van der Waals surface area contributed by atoms with Crippen molar-refractivity contribution in [2.75, 3.05) is 11.6 Å². The largest absolute Gasteiger partial charge is 0.311 e. The first kappa shape index (κ1) is 26.7. The highest BCUT2D eigenvalue weighted by molar-refractivity contribution is 6.10. The molecule has 2 heterocycles. The van der Waals surface area contributed by atoms with Crippen LogP contribution < -0.4 is 15.9 Å². The highest BCUT2D eigenvalue weighted by atomic mass is 16.2. The third-order valence-corrected chi connectivity index (χ3v) is 9.99. The van der Waals surface area contributed by atoms with E-state index in [0.29, 0.717) is 28.7 Å². The lowest BCUT2D eigenvalue weighted by Gasteiger charge is -2.57. The van der Waals surface area contributed by atoms with Gasteiger partial charge in [-0.15, -0.1) is 0 Å². The number of carbonyl (C=O) groups excluding carboxylic acids is 2. The second-order valence-electron chi connectivity index (χ2n) is 13.0. The first-order valence-electron chi connectivity index (χ1n) is 15.5. The molecular weight excluding hydrogens is 488 g/mol. The number of hydrogen-bond acceptors (Lipinski definition) is 5. The van der Waals surface area contributed by atoms with E-state index in [1.165, 1.54) is 75.4 Å². The zero-order valence-electron chi connectivity index (χ0n) is 23.6. The summed E-state index contributed by atoms with van der Waals surface area (Å²) in [5.74, 6) is 2.71. The summed E-state index contributed by atoms with van der Waals surface area (Å²) in [6.45, 7) is 2.85. The second-order valence-corrected chi connectivity index (χ2v) is 13.0. The van der Waals surface area contributed by atoms with Gasteiger partial charge >= 0.3 is 0 Å². The summed E-state index contributed by atoms with van der Waals surface area (Å²) in [6.07, 6.45) is 17.8. The molecule has 7 nitrogen and oxygen atoms in total. The molecule has 2 amide bonds. The summed E-state index contributed by atoms with van der Waals surface area (Å²) < 4.78 is 1.20. The predicted octanol–water partition coefficient (Wildman–Crippen LogP) is 5.32. The monoisotopic (exact) mass is 532 g/mol. The number of nitrogens with one attached hydrogen (secondary N) is 1. The summed E-state index contributed by atoms with van der Waals surface area (Å²) >= 11 is 0. The van der Waals surface area contributed by atoms with Crippen LogP contribution in [0.4, 0.5) is 0 Å². The third-order valence-electron chi connectivity index (χ3n) is 9.99. The van der Waals surface area contributed by atoms with Gasteiger partial charge in [0.1, 0.15) is 5.82 Å². The van der Waals surface area contributed by atoms with Crippen LogP contribution in [0.2, 0.25) is 0 Å². The van der Waals surface area contributed by atoms with Gasteiger partial charge in [-0.2, -0.15) is 9.69 Å². The number of amides is 2. The van der Waals surface area contributed by atoms with Crippen LogP contribution in [0.25, 0.3) is 10.9 Å². The van der Waals surface area contributed by atoms with E-state index in [4.69, 9.17) is 0 Å². The first-order chi connectivity index (χ1) is 18.9. The highest BCUT2D eigenvalue weighted by Crippen LogP contribution is 2.55.